The number of benzene rings is 3. The maximum Gasteiger partial charge on any atom is 0.317 e. The van der Waals surface area contributed by atoms with Crippen molar-refractivity contribution in [2.45, 2.75) is 30.9 Å². The quantitative estimate of drug-likeness (QED) is 0.465. The molecule has 0 aliphatic carbocycles. The first kappa shape index (κ1) is 19.5. The van der Waals surface area contributed by atoms with Crippen LogP contribution in [0.4, 0.5) is 0 Å². The van der Waals surface area contributed by atoms with Gasteiger partial charge in [-0.2, -0.15) is 0 Å². The number of fused-ring (bicyclic) bond motifs is 2. The van der Waals surface area contributed by atoms with E-state index >= 15 is 0 Å². The van der Waals surface area contributed by atoms with Crippen LogP contribution >= 0.6 is 11.8 Å². The zero-order valence-corrected chi connectivity index (χ0v) is 17.2. The molecular weight excluding hydrogens is 382 g/mol. The van der Waals surface area contributed by atoms with E-state index in [2.05, 4.69) is 24.3 Å². The van der Waals surface area contributed by atoms with Gasteiger partial charge in [-0.05, 0) is 47.4 Å². The lowest BCUT2D eigenvalue weighted by Crippen LogP contribution is -2.42. The number of hydrogen-bond acceptors (Lipinski definition) is 4. The molecule has 3 aromatic rings. The minimum atomic E-state index is -0.773. The van der Waals surface area contributed by atoms with Gasteiger partial charge in [0.05, 0.1) is 5.75 Å². The third-order valence-corrected chi connectivity index (χ3v) is 6.14. The van der Waals surface area contributed by atoms with Gasteiger partial charge < -0.3 is 9.64 Å². The summed E-state index contributed by atoms with van der Waals surface area (Å²) in [6.45, 7) is 2.88. The summed E-state index contributed by atoms with van der Waals surface area (Å²) in [5, 5.41) is 2.31. The van der Waals surface area contributed by atoms with Crippen molar-refractivity contribution in [3.63, 3.8) is 0 Å². The molecule has 0 unspecified atom stereocenters. The molecule has 3 aromatic carbocycles. The van der Waals surface area contributed by atoms with Gasteiger partial charge in [-0.25, -0.2) is 0 Å². The minimum Gasteiger partial charge on any atom is -0.452 e. The number of rotatable bonds is 5. The number of hydrogen-bond donors (Lipinski definition) is 0. The highest BCUT2D eigenvalue weighted by molar-refractivity contribution is 8.00. The normalized spacial score (nSPS) is 14.3. The number of carbonyl (C=O) groups excluding carboxylic acids is 2. The predicted molar refractivity (Wildman–Crippen MR) is 116 cm³/mol. The summed E-state index contributed by atoms with van der Waals surface area (Å²) in [6.07, 6.45) is 0.0605. The Morgan fingerprint density at radius 2 is 1.72 bits per heavy atom. The van der Waals surface area contributed by atoms with Gasteiger partial charge in [0.2, 0.25) is 0 Å². The highest BCUT2D eigenvalue weighted by Crippen LogP contribution is 2.24. The molecule has 0 aromatic heterocycles. The average Bonchev–Trinajstić information content (AvgIpc) is 2.76. The number of ether oxygens (including phenoxy) is 1. The van der Waals surface area contributed by atoms with Crippen LogP contribution in [-0.2, 0) is 27.3 Å². The molecule has 0 N–H and O–H groups in total. The van der Waals surface area contributed by atoms with E-state index in [4.69, 9.17) is 4.74 Å². The van der Waals surface area contributed by atoms with E-state index in [0.717, 1.165) is 22.3 Å². The lowest BCUT2D eigenvalue weighted by Gasteiger charge is -2.30. The monoisotopic (exact) mass is 405 g/mol. The van der Waals surface area contributed by atoms with Crippen LogP contribution in [0.1, 0.15) is 18.1 Å². The van der Waals surface area contributed by atoms with Crippen molar-refractivity contribution in [1.82, 2.24) is 4.90 Å². The average molecular weight is 406 g/mol. The number of carbonyl (C=O) groups is 2. The van der Waals surface area contributed by atoms with Crippen LogP contribution in [0.2, 0.25) is 0 Å². The van der Waals surface area contributed by atoms with Gasteiger partial charge in [0.25, 0.3) is 5.91 Å². The maximum atomic E-state index is 12.7. The second kappa shape index (κ2) is 8.70. The van der Waals surface area contributed by atoms with Crippen molar-refractivity contribution >= 4 is 34.4 Å². The van der Waals surface area contributed by atoms with Crippen molar-refractivity contribution < 1.29 is 14.3 Å². The maximum absolute atomic E-state index is 12.7. The summed E-state index contributed by atoms with van der Waals surface area (Å²) in [6, 6.07) is 22.4. The van der Waals surface area contributed by atoms with Crippen LogP contribution in [0.5, 0.6) is 0 Å². The lowest BCUT2D eigenvalue weighted by molar-refractivity contribution is -0.157. The fraction of sp³-hybridized carbons (Fsp3) is 0.250. The van der Waals surface area contributed by atoms with Crippen LogP contribution in [0, 0.1) is 0 Å². The molecule has 1 heterocycles. The Labute approximate surface area is 174 Å². The fourth-order valence-electron chi connectivity index (χ4n) is 3.62. The molecule has 148 valence electrons. The SMILES string of the molecule is C[C@H](OC(=O)CSc1ccc2ccccc2c1)C(=O)N1CCc2ccccc2C1. The van der Waals surface area contributed by atoms with E-state index in [0.29, 0.717) is 13.1 Å². The Kier molecular flexibility index (Phi) is 5.86. The summed E-state index contributed by atoms with van der Waals surface area (Å²) < 4.78 is 5.41. The van der Waals surface area contributed by atoms with E-state index < -0.39 is 6.10 Å². The Hall–Kier alpha value is -2.79. The molecule has 4 rings (SSSR count). The lowest BCUT2D eigenvalue weighted by atomic mass is 9.99. The van der Waals surface area contributed by atoms with Crippen LogP contribution in [0.3, 0.4) is 0 Å². The molecule has 0 saturated heterocycles. The second-order valence-corrected chi connectivity index (χ2v) is 8.26. The second-order valence-electron chi connectivity index (χ2n) is 7.21. The highest BCUT2D eigenvalue weighted by atomic mass is 32.2. The molecule has 1 aliphatic rings. The number of esters is 1. The summed E-state index contributed by atoms with van der Waals surface area (Å²) in [4.78, 5) is 27.7. The molecule has 0 radical (unpaired) electrons. The van der Waals surface area contributed by atoms with Gasteiger partial charge in [0.1, 0.15) is 0 Å². The Morgan fingerprint density at radius 3 is 2.55 bits per heavy atom. The molecule has 1 amide bonds. The molecule has 29 heavy (non-hydrogen) atoms. The van der Waals surface area contributed by atoms with E-state index in [1.165, 1.54) is 22.7 Å². The molecule has 0 spiro atoms. The standard InChI is InChI=1S/C24H23NO3S/c1-17(24(27)25-13-12-19-7-3-5-9-21(19)15-25)28-23(26)16-29-22-11-10-18-6-2-4-8-20(18)14-22/h2-11,14,17H,12-13,15-16H2,1H3/t17-/m0/s1. The molecule has 0 fully saturated rings. The molecule has 4 nitrogen and oxygen atoms in total. The van der Waals surface area contributed by atoms with E-state index in [1.54, 1.807) is 11.8 Å². The number of amides is 1. The smallest absolute Gasteiger partial charge is 0.317 e. The van der Waals surface area contributed by atoms with Gasteiger partial charge in [0.15, 0.2) is 6.10 Å². The molecule has 1 aliphatic heterocycles. The first-order valence-corrected chi connectivity index (χ1v) is 10.8. The summed E-state index contributed by atoms with van der Waals surface area (Å²) in [7, 11) is 0. The fourth-order valence-corrected chi connectivity index (χ4v) is 4.35. The summed E-state index contributed by atoms with van der Waals surface area (Å²) >= 11 is 1.42. The van der Waals surface area contributed by atoms with E-state index in [9.17, 15) is 9.59 Å². The van der Waals surface area contributed by atoms with Crippen LogP contribution < -0.4 is 0 Å². The molecular formula is C24H23NO3S. The van der Waals surface area contributed by atoms with Crippen LogP contribution in [-0.4, -0.2) is 35.2 Å². The van der Waals surface area contributed by atoms with Gasteiger partial charge in [-0.15, -0.1) is 11.8 Å². The third kappa shape index (κ3) is 4.62. The molecule has 0 saturated carbocycles. The van der Waals surface area contributed by atoms with Crippen molar-refractivity contribution in [2.24, 2.45) is 0 Å². The first-order valence-electron chi connectivity index (χ1n) is 9.77. The number of nitrogens with zero attached hydrogens (tertiary/aromatic N) is 1. The van der Waals surface area contributed by atoms with Crippen molar-refractivity contribution in [2.75, 3.05) is 12.3 Å². The van der Waals surface area contributed by atoms with Gasteiger partial charge in [0, 0.05) is 18.0 Å². The Morgan fingerprint density at radius 1 is 1.00 bits per heavy atom. The minimum absolute atomic E-state index is 0.136. The van der Waals surface area contributed by atoms with Gasteiger partial charge in [-0.3, -0.25) is 9.59 Å². The van der Waals surface area contributed by atoms with Crippen molar-refractivity contribution in [1.29, 1.82) is 0 Å². The third-order valence-electron chi connectivity index (χ3n) is 5.18. The van der Waals surface area contributed by atoms with Gasteiger partial charge in [-0.1, -0.05) is 54.6 Å². The van der Waals surface area contributed by atoms with Crippen LogP contribution in [0.25, 0.3) is 10.8 Å². The summed E-state index contributed by atoms with van der Waals surface area (Å²) in [5.41, 5.74) is 2.45. The summed E-state index contributed by atoms with van der Waals surface area (Å²) in [5.74, 6) is -0.330. The Bertz CT molecular complexity index is 1050. The van der Waals surface area contributed by atoms with Gasteiger partial charge >= 0.3 is 5.97 Å². The topological polar surface area (TPSA) is 46.6 Å². The van der Waals surface area contributed by atoms with Crippen LogP contribution in [0.15, 0.2) is 71.6 Å². The zero-order chi connectivity index (χ0) is 20.2. The number of thioether (sulfide) groups is 1. The predicted octanol–water partition coefficient (Wildman–Crippen LogP) is 4.45. The molecule has 5 heteroatoms. The van der Waals surface area contributed by atoms with Crippen molar-refractivity contribution in [3.05, 3.63) is 77.9 Å². The zero-order valence-electron chi connectivity index (χ0n) is 16.3. The van der Waals surface area contributed by atoms with E-state index in [-0.39, 0.29) is 17.6 Å². The molecule has 1 atom stereocenters. The first-order chi connectivity index (χ1) is 14.1. The highest BCUT2D eigenvalue weighted by Gasteiger charge is 2.26. The largest absolute Gasteiger partial charge is 0.452 e. The van der Waals surface area contributed by atoms with Crippen molar-refractivity contribution in [3.8, 4) is 0 Å². The Balaban J connectivity index is 1.30. The van der Waals surface area contributed by atoms with E-state index in [1.807, 2.05) is 42.5 Å². The molecule has 0 bridgehead atoms.